The van der Waals surface area contributed by atoms with Crippen LogP contribution in [0.25, 0.3) is 0 Å². The zero-order chi connectivity index (χ0) is 19.4. The number of piperazine rings is 1. The molecule has 2 aromatic carbocycles. The van der Waals surface area contributed by atoms with E-state index in [0.29, 0.717) is 22.0 Å². The number of carbonyl (C=O) groups is 2. The summed E-state index contributed by atoms with van der Waals surface area (Å²) in [5, 5.41) is 6.22. The Morgan fingerprint density at radius 1 is 1.00 bits per heavy atom. The molecule has 0 spiro atoms. The number of nitrogens with zero attached hydrogens (tertiary/aromatic N) is 2. The van der Waals surface area contributed by atoms with Crippen molar-refractivity contribution in [3.8, 4) is 0 Å². The second-order valence-electron chi connectivity index (χ2n) is 6.67. The number of anilines is 3. The number of hydrogen-bond donors (Lipinski definition) is 2. The number of hydrogen-bond acceptors (Lipinski definition) is 4. The molecule has 0 bridgehead atoms. The van der Waals surface area contributed by atoms with E-state index in [1.54, 1.807) is 30.3 Å². The van der Waals surface area contributed by atoms with Crippen LogP contribution in [-0.4, -0.2) is 49.9 Å². The molecule has 0 atom stereocenters. The minimum absolute atomic E-state index is 0.181. The van der Waals surface area contributed by atoms with Crippen LogP contribution in [0.1, 0.15) is 17.3 Å². The highest BCUT2D eigenvalue weighted by Crippen LogP contribution is 2.30. The van der Waals surface area contributed by atoms with Crippen LogP contribution in [0.5, 0.6) is 0 Å². The van der Waals surface area contributed by atoms with Gasteiger partial charge in [-0.1, -0.05) is 17.7 Å². The first-order valence-corrected chi connectivity index (χ1v) is 9.22. The molecule has 1 saturated heterocycles. The van der Waals surface area contributed by atoms with Gasteiger partial charge in [0.05, 0.1) is 11.4 Å². The van der Waals surface area contributed by atoms with Crippen LogP contribution in [0.4, 0.5) is 17.1 Å². The van der Waals surface area contributed by atoms with Crippen molar-refractivity contribution < 1.29 is 9.59 Å². The Labute approximate surface area is 164 Å². The zero-order valence-electron chi connectivity index (χ0n) is 15.5. The fourth-order valence-electron chi connectivity index (χ4n) is 3.07. The molecule has 0 aliphatic carbocycles. The Bertz CT molecular complexity index is 848. The molecule has 1 fully saturated rings. The molecular formula is C20H23ClN4O2. The number of benzene rings is 2. The summed E-state index contributed by atoms with van der Waals surface area (Å²) in [6.07, 6.45) is 0. The molecule has 6 nitrogen and oxygen atoms in total. The molecule has 2 amide bonds. The minimum atomic E-state index is -0.250. The van der Waals surface area contributed by atoms with Crippen LogP contribution in [0.15, 0.2) is 42.5 Å². The predicted molar refractivity (Wildman–Crippen MR) is 110 cm³/mol. The molecule has 2 N–H and O–H groups in total. The summed E-state index contributed by atoms with van der Waals surface area (Å²) in [4.78, 5) is 28.5. The molecule has 7 heteroatoms. The van der Waals surface area contributed by atoms with Gasteiger partial charge in [0.1, 0.15) is 0 Å². The average molecular weight is 387 g/mol. The fourth-order valence-corrected chi connectivity index (χ4v) is 3.24. The maximum absolute atomic E-state index is 12.8. The summed E-state index contributed by atoms with van der Waals surface area (Å²) in [6.45, 7) is 5.14. The molecule has 0 saturated carbocycles. The summed E-state index contributed by atoms with van der Waals surface area (Å²) >= 11 is 6.17. The SMILES string of the molecule is CC(=O)Nc1cccc(C(=O)Nc2cc(Cl)ccc2N2CCN(C)CC2)c1. The molecule has 3 rings (SSSR count). The maximum atomic E-state index is 12.8. The van der Waals surface area contributed by atoms with E-state index >= 15 is 0 Å². The maximum Gasteiger partial charge on any atom is 0.255 e. The highest BCUT2D eigenvalue weighted by molar-refractivity contribution is 6.31. The molecule has 0 unspecified atom stereocenters. The molecule has 0 aromatic heterocycles. The van der Waals surface area contributed by atoms with E-state index in [1.165, 1.54) is 6.92 Å². The summed E-state index contributed by atoms with van der Waals surface area (Å²) in [5.41, 5.74) is 2.69. The van der Waals surface area contributed by atoms with Gasteiger partial charge in [0.25, 0.3) is 5.91 Å². The molecule has 1 heterocycles. The lowest BCUT2D eigenvalue weighted by atomic mass is 10.1. The van der Waals surface area contributed by atoms with Crippen molar-refractivity contribution in [2.24, 2.45) is 0 Å². The number of amides is 2. The van der Waals surface area contributed by atoms with Crippen molar-refractivity contribution in [1.29, 1.82) is 0 Å². The fraction of sp³-hybridized carbons (Fsp3) is 0.300. The van der Waals surface area contributed by atoms with Crippen molar-refractivity contribution >= 4 is 40.5 Å². The predicted octanol–water partition coefficient (Wildman–Crippen LogP) is 3.30. The molecule has 0 radical (unpaired) electrons. The van der Waals surface area contributed by atoms with Gasteiger partial charge >= 0.3 is 0 Å². The molecule has 1 aliphatic heterocycles. The van der Waals surface area contributed by atoms with Gasteiger partial charge in [-0.25, -0.2) is 0 Å². The largest absolute Gasteiger partial charge is 0.367 e. The Hall–Kier alpha value is -2.57. The summed E-state index contributed by atoms with van der Waals surface area (Å²) in [5.74, 6) is -0.431. The lowest BCUT2D eigenvalue weighted by Gasteiger charge is -2.35. The van der Waals surface area contributed by atoms with Crippen LogP contribution in [0.2, 0.25) is 5.02 Å². The lowest BCUT2D eigenvalue weighted by Crippen LogP contribution is -2.44. The molecule has 142 valence electrons. The summed E-state index contributed by atoms with van der Waals surface area (Å²) < 4.78 is 0. The highest BCUT2D eigenvalue weighted by Gasteiger charge is 2.19. The smallest absolute Gasteiger partial charge is 0.255 e. The third-order valence-corrected chi connectivity index (χ3v) is 4.73. The van der Waals surface area contributed by atoms with E-state index in [0.717, 1.165) is 31.9 Å². The number of rotatable bonds is 4. The number of likely N-dealkylation sites (N-methyl/N-ethyl adjacent to an activating group) is 1. The van der Waals surface area contributed by atoms with E-state index in [2.05, 4.69) is 27.5 Å². The van der Waals surface area contributed by atoms with Gasteiger partial charge in [0.2, 0.25) is 5.91 Å². The van der Waals surface area contributed by atoms with Crippen molar-refractivity contribution in [2.75, 3.05) is 48.8 Å². The van der Waals surface area contributed by atoms with E-state index in [9.17, 15) is 9.59 Å². The van der Waals surface area contributed by atoms with Crippen LogP contribution in [0.3, 0.4) is 0 Å². The summed E-state index contributed by atoms with van der Waals surface area (Å²) in [6, 6.07) is 12.4. The quantitative estimate of drug-likeness (QED) is 0.846. The van der Waals surface area contributed by atoms with Crippen LogP contribution < -0.4 is 15.5 Å². The van der Waals surface area contributed by atoms with Crippen LogP contribution >= 0.6 is 11.6 Å². The highest BCUT2D eigenvalue weighted by atomic mass is 35.5. The lowest BCUT2D eigenvalue weighted by molar-refractivity contribution is -0.114. The Kier molecular flexibility index (Phi) is 5.98. The van der Waals surface area contributed by atoms with E-state index in [4.69, 9.17) is 11.6 Å². The normalized spacial score (nSPS) is 14.7. The van der Waals surface area contributed by atoms with E-state index in [-0.39, 0.29) is 11.8 Å². The van der Waals surface area contributed by atoms with Gasteiger partial charge in [0, 0.05) is 49.4 Å². The van der Waals surface area contributed by atoms with Gasteiger partial charge in [-0.05, 0) is 43.4 Å². The third-order valence-electron chi connectivity index (χ3n) is 4.50. The molecular weight excluding hydrogens is 364 g/mol. The van der Waals surface area contributed by atoms with Crippen LogP contribution in [0, 0.1) is 0 Å². The Balaban J connectivity index is 1.81. The second kappa shape index (κ2) is 8.41. The van der Waals surface area contributed by atoms with E-state index < -0.39 is 0 Å². The van der Waals surface area contributed by atoms with Crippen molar-refractivity contribution in [3.63, 3.8) is 0 Å². The molecule has 2 aromatic rings. The van der Waals surface area contributed by atoms with Crippen molar-refractivity contribution in [2.45, 2.75) is 6.92 Å². The van der Waals surface area contributed by atoms with Gasteiger partial charge in [0.15, 0.2) is 0 Å². The second-order valence-corrected chi connectivity index (χ2v) is 7.10. The Morgan fingerprint density at radius 2 is 1.74 bits per heavy atom. The van der Waals surface area contributed by atoms with Gasteiger partial charge in [-0.15, -0.1) is 0 Å². The van der Waals surface area contributed by atoms with Crippen molar-refractivity contribution in [1.82, 2.24) is 4.90 Å². The minimum Gasteiger partial charge on any atom is -0.367 e. The molecule has 1 aliphatic rings. The van der Waals surface area contributed by atoms with Gasteiger partial charge < -0.3 is 20.4 Å². The number of carbonyl (C=O) groups excluding carboxylic acids is 2. The Morgan fingerprint density at radius 3 is 2.44 bits per heavy atom. The van der Waals surface area contributed by atoms with Crippen molar-refractivity contribution in [3.05, 3.63) is 53.1 Å². The molecule has 27 heavy (non-hydrogen) atoms. The summed E-state index contributed by atoms with van der Waals surface area (Å²) in [7, 11) is 2.10. The standard InChI is InChI=1S/C20H23ClN4O2/c1-14(26)22-17-5-3-4-15(12-17)20(27)23-18-13-16(21)6-7-19(18)25-10-8-24(2)9-11-25/h3-7,12-13H,8-11H2,1-2H3,(H,22,26)(H,23,27). The number of nitrogens with one attached hydrogen (secondary N) is 2. The third kappa shape index (κ3) is 4.99. The van der Waals surface area contributed by atoms with E-state index in [1.807, 2.05) is 12.1 Å². The number of halogens is 1. The van der Waals surface area contributed by atoms with Crippen LogP contribution in [-0.2, 0) is 4.79 Å². The average Bonchev–Trinajstić information content (AvgIpc) is 2.62. The topological polar surface area (TPSA) is 64.7 Å². The first-order valence-electron chi connectivity index (χ1n) is 8.84. The van der Waals surface area contributed by atoms with Gasteiger partial charge in [-0.2, -0.15) is 0 Å². The monoisotopic (exact) mass is 386 g/mol. The zero-order valence-corrected chi connectivity index (χ0v) is 16.2. The first-order chi connectivity index (χ1) is 12.9. The first kappa shape index (κ1) is 19.2. The van der Waals surface area contributed by atoms with Gasteiger partial charge in [-0.3, -0.25) is 9.59 Å².